The Kier molecular flexibility index (Phi) is 8.30. The first-order valence-electron chi connectivity index (χ1n) is 2.79. The summed E-state index contributed by atoms with van der Waals surface area (Å²) in [6.45, 7) is -0.457. The van der Waals surface area contributed by atoms with Gasteiger partial charge in [0, 0.05) is 13.2 Å². The van der Waals surface area contributed by atoms with E-state index in [1.165, 1.54) is 0 Å². The molecule has 0 aromatic rings. The summed E-state index contributed by atoms with van der Waals surface area (Å²) in [5, 5.41) is 7.27. The molecule has 0 spiro atoms. The molecule has 0 aliphatic carbocycles. The molecule has 0 bridgehead atoms. The van der Waals surface area contributed by atoms with E-state index >= 15 is 0 Å². The van der Waals surface area contributed by atoms with Crippen molar-refractivity contribution in [1.29, 1.82) is 0 Å². The summed E-state index contributed by atoms with van der Waals surface area (Å²) in [6, 6.07) is 0. The summed E-state index contributed by atoms with van der Waals surface area (Å²) in [5.74, 6) is 0. The number of aliphatic hydroxyl groups is 1. The van der Waals surface area contributed by atoms with Gasteiger partial charge in [-0.15, -0.1) is 0 Å². The van der Waals surface area contributed by atoms with Crippen molar-refractivity contribution in [3.63, 3.8) is 0 Å². The summed E-state index contributed by atoms with van der Waals surface area (Å²) >= 11 is 0. The van der Waals surface area contributed by atoms with Crippen LogP contribution < -0.4 is 35.3 Å². The zero-order valence-electron chi connectivity index (χ0n) is 7.40. The molecule has 11 heavy (non-hydrogen) atoms. The van der Waals surface area contributed by atoms with Crippen LogP contribution in [-0.4, -0.2) is 36.5 Å². The Morgan fingerprint density at radius 1 is 1.55 bits per heavy atom. The Morgan fingerprint density at radius 3 is 2.09 bits per heavy atom. The predicted molar refractivity (Wildman–Crippen MR) is 37.2 cm³/mol. The first-order valence-corrected chi connectivity index (χ1v) is 4.30. The fourth-order valence-corrected chi connectivity index (χ4v) is 1.18. The van der Waals surface area contributed by atoms with Gasteiger partial charge in [0.1, 0.15) is 5.25 Å². The zero-order valence-corrected chi connectivity index (χ0v) is 9.21. The van der Waals surface area contributed by atoms with Crippen LogP contribution in [0.25, 0.3) is 0 Å². The molecule has 0 saturated carbocycles. The van der Waals surface area contributed by atoms with Crippen LogP contribution in [-0.2, 0) is 10.1 Å². The van der Waals surface area contributed by atoms with Crippen LogP contribution >= 0.6 is 0 Å². The van der Waals surface area contributed by atoms with Crippen molar-refractivity contribution in [3.05, 3.63) is 0 Å². The first kappa shape index (κ1) is 14.4. The van der Waals surface area contributed by atoms with E-state index in [1.54, 1.807) is 0 Å². The molecule has 0 amide bonds. The van der Waals surface area contributed by atoms with Crippen LogP contribution in [0.4, 0.5) is 0 Å². The van der Waals surface area contributed by atoms with Gasteiger partial charge in [0.2, 0.25) is 0 Å². The van der Waals surface area contributed by atoms with Crippen molar-refractivity contribution in [2.75, 3.05) is 13.2 Å². The van der Waals surface area contributed by atoms with Crippen molar-refractivity contribution in [3.8, 4) is 0 Å². The Labute approximate surface area is 89.5 Å². The second-order valence-corrected chi connectivity index (χ2v) is 3.58. The molecule has 7 heteroatoms. The van der Waals surface area contributed by atoms with Crippen LogP contribution in [0.3, 0.4) is 0 Å². The molecule has 4 N–H and O–H groups in total. The Balaban J connectivity index is -0.000000405. The average Bonchev–Trinajstić information content (AvgIpc) is 1.80. The SMILES string of the molecule is NCC(CCO)S(=O)(=O)O.[H-].[Na+]. The van der Waals surface area contributed by atoms with E-state index in [1.807, 2.05) is 0 Å². The third-order valence-electron chi connectivity index (χ3n) is 1.14. The van der Waals surface area contributed by atoms with Crippen molar-refractivity contribution in [2.24, 2.45) is 5.73 Å². The zero-order chi connectivity index (χ0) is 8.20. The number of rotatable bonds is 4. The van der Waals surface area contributed by atoms with Gasteiger partial charge in [-0.1, -0.05) is 0 Å². The van der Waals surface area contributed by atoms with Gasteiger partial charge in [0.15, 0.2) is 0 Å². The summed E-state index contributed by atoms with van der Waals surface area (Å²) in [5.41, 5.74) is 4.99. The minimum Gasteiger partial charge on any atom is -1.00 e. The maximum absolute atomic E-state index is 10.3. The molecule has 64 valence electrons. The van der Waals surface area contributed by atoms with Gasteiger partial charge in [-0.05, 0) is 6.42 Å². The predicted octanol–water partition coefficient (Wildman–Crippen LogP) is -4.30. The van der Waals surface area contributed by atoms with Crippen molar-refractivity contribution >= 4 is 10.1 Å². The van der Waals surface area contributed by atoms with E-state index < -0.39 is 15.4 Å². The van der Waals surface area contributed by atoms with Gasteiger partial charge in [0.05, 0.1) is 0 Å². The van der Waals surface area contributed by atoms with E-state index in [2.05, 4.69) is 0 Å². The average molecular weight is 193 g/mol. The first-order chi connectivity index (χ1) is 4.52. The molecule has 0 aliphatic heterocycles. The topological polar surface area (TPSA) is 101 Å². The second-order valence-electron chi connectivity index (χ2n) is 1.88. The van der Waals surface area contributed by atoms with Crippen molar-refractivity contribution in [2.45, 2.75) is 11.7 Å². The summed E-state index contributed by atoms with van der Waals surface area (Å²) in [4.78, 5) is 0. The summed E-state index contributed by atoms with van der Waals surface area (Å²) < 4.78 is 29.0. The van der Waals surface area contributed by atoms with Crippen molar-refractivity contribution < 1.29 is 49.1 Å². The van der Waals surface area contributed by atoms with Crippen LogP contribution in [0.1, 0.15) is 7.85 Å². The summed E-state index contributed by atoms with van der Waals surface area (Å²) in [6.07, 6.45) is -0.0185. The molecule has 1 unspecified atom stereocenters. The molecular weight excluding hydrogens is 181 g/mol. The van der Waals surface area contributed by atoms with Gasteiger partial charge in [-0.2, -0.15) is 8.42 Å². The van der Waals surface area contributed by atoms with E-state index in [-0.39, 0.29) is 50.6 Å². The van der Waals surface area contributed by atoms with Gasteiger partial charge in [0.25, 0.3) is 10.1 Å². The number of hydrogen-bond donors (Lipinski definition) is 3. The maximum atomic E-state index is 10.3. The molecule has 0 saturated heterocycles. The number of aliphatic hydroxyl groups excluding tert-OH is 1. The van der Waals surface area contributed by atoms with Crippen LogP contribution in [0.2, 0.25) is 0 Å². The monoisotopic (exact) mass is 193 g/mol. The molecule has 0 radical (unpaired) electrons. The minimum atomic E-state index is -4.06. The van der Waals surface area contributed by atoms with Crippen LogP contribution in [0.5, 0.6) is 0 Å². The molecule has 0 heterocycles. The largest absolute Gasteiger partial charge is 1.00 e. The van der Waals surface area contributed by atoms with Gasteiger partial charge >= 0.3 is 29.6 Å². The third-order valence-corrected chi connectivity index (χ3v) is 2.41. The normalized spacial score (nSPS) is 13.7. The summed E-state index contributed by atoms with van der Waals surface area (Å²) in [7, 11) is -4.06. The molecule has 0 fully saturated rings. The van der Waals surface area contributed by atoms with E-state index in [0.29, 0.717) is 0 Å². The molecular formula is C4H12NNaO4S. The van der Waals surface area contributed by atoms with Crippen LogP contribution in [0.15, 0.2) is 0 Å². The Morgan fingerprint density at radius 2 is 2.00 bits per heavy atom. The maximum Gasteiger partial charge on any atom is 1.00 e. The second kappa shape index (κ2) is 6.36. The molecule has 0 aromatic carbocycles. The Bertz CT molecular complexity index is 185. The quantitative estimate of drug-likeness (QED) is 0.310. The number of hydrogen-bond acceptors (Lipinski definition) is 4. The fraction of sp³-hybridized carbons (Fsp3) is 1.00. The number of nitrogens with two attached hydrogens (primary N) is 1. The van der Waals surface area contributed by atoms with Crippen LogP contribution in [0, 0.1) is 0 Å². The van der Waals surface area contributed by atoms with E-state index in [0.717, 1.165) is 0 Å². The molecule has 5 nitrogen and oxygen atoms in total. The van der Waals surface area contributed by atoms with E-state index in [4.69, 9.17) is 15.4 Å². The van der Waals surface area contributed by atoms with E-state index in [9.17, 15) is 8.42 Å². The molecule has 0 aromatic heterocycles. The van der Waals surface area contributed by atoms with Crippen molar-refractivity contribution in [1.82, 2.24) is 0 Å². The minimum absolute atomic E-state index is 0. The fourth-order valence-electron chi connectivity index (χ4n) is 0.532. The van der Waals surface area contributed by atoms with Gasteiger partial charge in [-0.25, -0.2) is 0 Å². The standard InChI is InChI=1S/C4H11NO4S.Na.H/c5-3-4(1-2-6)10(7,8)9;;/h4,6H,1-3,5H2,(H,7,8,9);;/q;+1;-1. The molecule has 1 atom stereocenters. The molecule has 0 aliphatic rings. The van der Waals surface area contributed by atoms with Gasteiger partial charge < -0.3 is 12.3 Å². The smallest absolute Gasteiger partial charge is 1.00 e. The third kappa shape index (κ3) is 6.03. The molecule has 0 rings (SSSR count). The Hall–Kier alpha value is 0.830. The van der Waals surface area contributed by atoms with Gasteiger partial charge in [-0.3, -0.25) is 4.55 Å².